The van der Waals surface area contributed by atoms with Crippen LogP contribution in [0.2, 0.25) is 0 Å². The lowest BCUT2D eigenvalue weighted by Gasteiger charge is -2.17. The predicted molar refractivity (Wildman–Crippen MR) is 58.8 cm³/mol. The zero-order chi connectivity index (χ0) is 10.8. The molecule has 4 heteroatoms. The molecule has 1 aliphatic rings. The molecular formula is C11H14N2O2. The van der Waals surface area contributed by atoms with Gasteiger partial charge < -0.3 is 5.73 Å². The zero-order valence-corrected chi connectivity index (χ0v) is 8.69. The molecule has 0 radical (unpaired) electrons. The number of hydrogen-bond donors (Lipinski definition) is 1. The predicted octanol–water partition coefficient (Wildman–Crippen LogP) is 1.61. The van der Waals surface area contributed by atoms with E-state index in [1.165, 1.54) is 6.92 Å². The third-order valence-electron chi connectivity index (χ3n) is 2.46. The molecule has 0 amide bonds. The maximum absolute atomic E-state index is 11.2. The van der Waals surface area contributed by atoms with Gasteiger partial charge in [-0.3, -0.25) is 14.7 Å². The Balaban J connectivity index is 2.28. The van der Waals surface area contributed by atoms with Crippen molar-refractivity contribution in [1.82, 2.24) is 0 Å². The number of carbonyl (C=O) groups is 1. The summed E-state index contributed by atoms with van der Waals surface area (Å²) in [4.78, 5) is 16.6. The van der Waals surface area contributed by atoms with Crippen molar-refractivity contribution in [3.8, 4) is 0 Å². The molecule has 0 aliphatic carbocycles. The van der Waals surface area contributed by atoms with Crippen molar-refractivity contribution >= 4 is 17.2 Å². The second-order valence-electron chi connectivity index (χ2n) is 3.62. The van der Waals surface area contributed by atoms with Crippen LogP contribution in [0.1, 0.15) is 23.7 Å². The highest BCUT2D eigenvalue weighted by atomic mass is 16.7. The number of ketones is 1. The van der Waals surface area contributed by atoms with E-state index in [4.69, 9.17) is 10.6 Å². The lowest BCUT2D eigenvalue weighted by molar-refractivity contribution is 0.101. The molecular weight excluding hydrogens is 192 g/mol. The van der Waals surface area contributed by atoms with Gasteiger partial charge in [0.1, 0.15) is 0 Å². The Hall–Kier alpha value is -1.55. The first-order valence-corrected chi connectivity index (χ1v) is 4.99. The van der Waals surface area contributed by atoms with E-state index in [-0.39, 0.29) is 5.78 Å². The van der Waals surface area contributed by atoms with E-state index < -0.39 is 0 Å². The first-order chi connectivity index (χ1) is 7.18. The number of rotatable bonds is 2. The van der Waals surface area contributed by atoms with E-state index in [1.807, 2.05) is 6.07 Å². The first kappa shape index (κ1) is 9.98. The van der Waals surface area contributed by atoms with Gasteiger partial charge in [0.05, 0.1) is 12.3 Å². The van der Waals surface area contributed by atoms with Crippen LogP contribution in [0.15, 0.2) is 18.2 Å². The zero-order valence-electron chi connectivity index (χ0n) is 8.69. The van der Waals surface area contributed by atoms with Gasteiger partial charge in [0.25, 0.3) is 0 Å². The SMILES string of the molecule is CC(=O)c1ccc(N2CCCO2)cc1N. The second-order valence-corrected chi connectivity index (χ2v) is 3.62. The summed E-state index contributed by atoms with van der Waals surface area (Å²) in [6.07, 6.45) is 1.02. The van der Waals surface area contributed by atoms with E-state index in [0.717, 1.165) is 25.3 Å². The molecule has 1 fully saturated rings. The van der Waals surface area contributed by atoms with Crippen LogP contribution in [0, 0.1) is 0 Å². The van der Waals surface area contributed by atoms with Crippen LogP contribution in [0.25, 0.3) is 0 Å². The topological polar surface area (TPSA) is 55.6 Å². The second kappa shape index (κ2) is 3.90. The molecule has 4 nitrogen and oxygen atoms in total. The van der Waals surface area contributed by atoms with Crippen LogP contribution in [0.3, 0.4) is 0 Å². The normalized spacial score (nSPS) is 15.7. The molecule has 2 rings (SSSR count). The first-order valence-electron chi connectivity index (χ1n) is 4.99. The van der Waals surface area contributed by atoms with E-state index in [0.29, 0.717) is 11.3 Å². The van der Waals surface area contributed by atoms with Crippen LogP contribution in [0.5, 0.6) is 0 Å². The molecule has 0 spiro atoms. The monoisotopic (exact) mass is 206 g/mol. The molecule has 1 aliphatic heterocycles. The van der Waals surface area contributed by atoms with Crippen LogP contribution < -0.4 is 10.8 Å². The number of benzene rings is 1. The van der Waals surface area contributed by atoms with Crippen molar-refractivity contribution in [2.45, 2.75) is 13.3 Å². The summed E-state index contributed by atoms with van der Waals surface area (Å²) >= 11 is 0. The van der Waals surface area contributed by atoms with Gasteiger partial charge in [-0.15, -0.1) is 0 Å². The summed E-state index contributed by atoms with van der Waals surface area (Å²) in [5.74, 6) is -0.0126. The third-order valence-corrected chi connectivity index (χ3v) is 2.46. The van der Waals surface area contributed by atoms with Crippen molar-refractivity contribution in [2.75, 3.05) is 23.9 Å². The quantitative estimate of drug-likeness (QED) is 0.590. The van der Waals surface area contributed by atoms with Crippen molar-refractivity contribution in [2.24, 2.45) is 0 Å². The lowest BCUT2D eigenvalue weighted by atomic mass is 10.1. The number of nitrogen functional groups attached to an aromatic ring is 1. The molecule has 1 saturated heterocycles. The molecule has 1 heterocycles. The van der Waals surface area contributed by atoms with Gasteiger partial charge in [0, 0.05) is 17.8 Å². The highest BCUT2D eigenvalue weighted by Crippen LogP contribution is 2.24. The fourth-order valence-electron chi connectivity index (χ4n) is 1.68. The van der Waals surface area contributed by atoms with E-state index in [2.05, 4.69) is 0 Å². The minimum absolute atomic E-state index is 0.0126. The van der Waals surface area contributed by atoms with Crippen molar-refractivity contribution < 1.29 is 9.63 Å². The summed E-state index contributed by atoms with van der Waals surface area (Å²) in [5.41, 5.74) is 7.78. The minimum atomic E-state index is -0.0126. The van der Waals surface area contributed by atoms with Crippen molar-refractivity contribution in [1.29, 1.82) is 0 Å². The van der Waals surface area contributed by atoms with E-state index in [1.54, 1.807) is 17.2 Å². The van der Waals surface area contributed by atoms with Crippen LogP contribution >= 0.6 is 0 Å². The summed E-state index contributed by atoms with van der Waals surface area (Å²) in [7, 11) is 0. The number of carbonyl (C=O) groups excluding carboxylic acids is 1. The van der Waals surface area contributed by atoms with Gasteiger partial charge in [-0.2, -0.15) is 0 Å². The average Bonchev–Trinajstić information content (AvgIpc) is 2.69. The molecule has 0 bridgehead atoms. The van der Waals surface area contributed by atoms with Gasteiger partial charge >= 0.3 is 0 Å². The molecule has 0 atom stereocenters. The average molecular weight is 206 g/mol. The lowest BCUT2D eigenvalue weighted by Crippen LogP contribution is -2.16. The summed E-state index contributed by atoms with van der Waals surface area (Å²) in [6.45, 7) is 3.13. The standard InChI is InChI=1S/C11H14N2O2/c1-8(14)10-4-3-9(7-11(10)12)13-5-2-6-15-13/h3-4,7H,2,5-6,12H2,1H3. The Morgan fingerprint density at radius 1 is 1.53 bits per heavy atom. The number of hydroxylamine groups is 1. The number of nitrogens with two attached hydrogens (primary N) is 1. The molecule has 0 unspecified atom stereocenters. The van der Waals surface area contributed by atoms with E-state index in [9.17, 15) is 4.79 Å². The largest absolute Gasteiger partial charge is 0.398 e. The van der Waals surface area contributed by atoms with Crippen LogP contribution in [-0.4, -0.2) is 18.9 Å². The van der Waals surface area contributed by atoms with Crippen molar-refractivity contribution in [3.63, 3.8) is 0 Å². The number of nitrogens with zero attached hydrogens (tertiary/aromatic N) is 1. The smallest absolute Gasteiger partial charge is 0.161 e. The Morgan fingerprint density at radius 3 is 2.87 bits per heavy atom. The molecule has 15 heavy (non-hydrogen) atoms. The maximum Gasteiger partial charge on any atom is 0.161 e. The fourth-order valence-corrected chi connectivity index (χ4v) is 1.68. The number of hydrogen-bond acceptors (Lipinski definition) is 4. The molecule has 0 saturated carbocycles. The number of Topliss-reactive ketones (excluding diaryl/α,β-unsaturated/α-hetero) is 1. The van der Waals surface area contributed by atoms with Crippen LogP contribution in [0.4, 0.5) is 11.4 Å². The summed E-state index contributed by atoms with van der Waals surface area (Å²) in [5, 5.41) is 1.81. The Morgan fingerprint density at radius 2 is 2.33 bits per heavy atom. The Bertz CT molecular complexity index is 384. The minimum Gasteiger partial charge on any atom is -0.398 e. The van der Waals surface area contributed by atoms with Gasteiger partial charge in [-0.25, -0.2) is 0 Å². The van der Waals surface area contributed by atoms with Gasteiger partial charge in [0.2, 0.25) is 0 Å². The summed E-state index contributed by atoms with van der Waals surface area (Å²) in [6, 6.07) is 5.38. The van der Waals surface area contributed by atoms with Crippen molar-refractivity contribution in [3.05, 3.63) is 23.8 Å². The summed E-state index contributed by atoms with van der Waals surface area (Å²) < 4.78 is 0. The van der Waals surface area contributed by atoms with Gasteiger partial charge in [0.15, 0.2) is 5.78 Å². The Labute approximate surface area is 88.6 Å². The number of anilines is 2. The molecule has 1 aromatic rings. The van der Waals surface area contributed by atoms with Crippen LogP contribution in [-0.2, 0) is 4.84 Å². The highest BCUT2D eigenvalue weighted by Gasteiger charge is 2.15. The maximum atomic E-state index is 11.2. The third kappa shape index (κ3) is 1.94. The molecule has 2 N–H and O–H groups in total. The van der Waals surface area contributed by atoms with Gasteiger partial charge in [-0.05, 0) is 31.5 Å². The fraction of sp³-hybridized carbons (Fsp3) is 0.364. The Kier molecular flexibility index (Phi) is 2.60. The van der Waals surface area contributed by atoms with Gasteiger partial charge in [-0.1, -0.05) is 0 Å². The molecule has 1 aromatic carbocycles. The molecule has 0 aromatic heterocycles. The molecule has 80 valence electrons. The van der Waals surface area contributed by atoms with E-state index >= 15 is 0 Å². The highest BCUT2D eigenvalue weighted by molar-refractivity contribution is 5.99.